The van der Waals surface area contributed by atoms with Crippen LogP contribution in [-0.4, -0.2) is 53.2 Å². The highest BCUT2D eigenvalue weighted by molar-refractivity contribution is 7.90. The number of aromatic nitrogens is 2. The first kappa shape index (κ1) is 15.2. The number of aliphatic carboxylic acids is 1. The van der Waals surface area contributed by atoms with Gasteiger partial charge >= 0.3 is 5.97 Å². The normalized spacial score (nSPS) is 12.9. The lowest BCUT2D eigenvalue weighted by Gasteiger charge is -2.12. The molecule has 1 aromatic rings. The maximum absolute atomic E-state index is 11.7. The minimum atomic E-state index is -3.28. The van der Waals surface area contributed by atoms with Gasteiger partial charge in [-0.05, 0) is 12.5 Å². The minimum Gasteiger partial charge on any atom is -0.480 e. The molecule has 0 saturated heterocycles. The van der Waals surface area contributed by atoms with Gasteiger partial charge in [0.1, 0.15) is 21.6 Å². The van der Waals surface area contributed by atoms with Gasteiger partial charge in [-0.1, -0.05) is 0 Å². The summed E-state index contributed by atoms with van der Waals surface area (Å²) in [6.07, 6.45) is 2.36. The van der Waals surface area contributed by atoms with Crippen molar-refractivity contribution in [2.45, 2.75) is 12.5 Å². The second-order valence-electron chi connectivity index (χ2n) is 4.16. The lowest BCUT2D eigenvalue weighted by molar-refractivity contribution is -0.139. The van der Waals surface area contributed by atoms with Crippen molar-refractivity contribution >= 4 is 21.7 Å². The van der Waals surface area contributed by atoms with Gasteiger partial charge in [-0.25, -0.2) is 13.2 Å². The molecule has 0 bridgehead atoms. The second-order valence-corrected chi connectivity index (χ2v) is 6.42. The molecule has 2 N–H and O–H groups in total. The molecule has 19 heavy (non-hydrogen) atoms. The third-order valence-electron chi connectivity index (χ3n) is 2.33. The molecule has 0 aliphatic heterocycles. The van der Waals surface area contributed by atoms with E-state index < -0.39 is 27.8 Å². The third-order valence-corrected chi connectivity index (χ3v) is 3.30. The summed E-state index contributed by atoms with van der Waals surface area (Å²) in [5.41, 5.74) is 0.0769. The van der Waals surface area contributed by atoms with Crippen molar-refractivity contribution in [1.82, 2.24) is 15.1 Å². The second kappa shape index (κ2) is 5.83. The Hall–Kier alpha value is -1.90. The SMILES string of the molecule is Cn1ccc(C(=O)NC(CCS(C)(=O)=O)C(=O)O)n1. The van der Waals surface area contributed by atoms with Crippen LogP contribution in [0.4, 0.5) is 0 Å². The standard InChI is InChI=1S/C10H15N3O5S/c1-13-5-3-7(12-13)9(14)11-8(10(15)16)4-6-19(2,17)18/h3,5,8H,4,6H2,1-2H3,(H,11,14)(H,15,16). The molecular weight excluding hydrogens is 274 g/mol. The highest BCUT2D eigenvalue weighted by atomic mass is 32.2. The van der Waals surface area contributed by atoms with Crippen molar-refractivity contribution in [2.24, 2.45) is 7.05 Å². The van der Waals surface area contributed by atoms with E-state index in [0.29, 0.717) is 0 Å². The summed E-state index contributed by atoms with van der Waals surface area (Å²) in [6.45, 7) is 0. The molecule has 0 aliphatic carbocycles. The molecule has 0 saturated carbocycles. The molecule has 1 heterocycles. The van der Waals surface area contributed by atoms with Gasteiger partial charge in [-0.15, -0.1) is 0 Å². The molecule has 0 spiro atoms. The predicted octanol–water partition coefficient (Wildman–Crippen LogP) is -0.962. The van der Waals surface area contributed by atoms with Crippen LogP contribution in [0.2, 0.25) is 0 Å². The number of amides is 1. The number of carbonyl (C=O) groups is 2. The van der Waals surface area contributed by atoms with Crippen LogP contribution < -0.4 is 5.32 Å². The van der Waals surface area contributed by atoms with Crippen molar-refractivity contribution in [3.8, 4) is 0 Å². The lowest BCUT2D eigenvalue weighted by atomic mass is 10.2. The summed E-state index contributed by atoms with van der Waals surface area (Å²) in [6, 6.07) is 0.175. The van der Waals surface area contributed by atoms with E-state index in [1.165, 1.54) is 10.7 Å². The average Bonchev–Trinajstić information content (AvgIpc) is 2.69. The Labute approximate surface area is 110 Å². The number of carboxylic acids is 1. The van der Waals surface area contributed by atoms with Crippen LogP contribution in [0.3, 0.4) is 0 Å². The van der Waals surface area contributed by atoms with Gasteiger partial charge in [0.15, 0.2) is 0 Å². The minimum absolute atomic E-state index is 0.0769. The van der Waals surface area contributed by atoms with Gasteiger partial charge in [-0.3, -0.25) is 9.48 Å². The molecule has 0 radical (unpaired) electrons. The van der Waals surface area contributed by atoms with Crippen molar-refractivity contribution < 1.29 is 23.1 Å². The fourth-order valence-corrected chi connectivity index (χ4v) is 2.02. The summed E-state index contributed by atoms with van der Waals surface area (Å²) in [5, 5.41) is 15.0. The Bertz CT molecular complexity index is 578. The Morgan fingerprint density at radius 3 is 2.58 bits per heavy atom. The van der Waals surface area contributed by atoms with Crippen LogP contribution in [0.5, 0.6) is 0 Å². The zero-order valence-electron chi connectivity index (χ0n) is 10.5. The highest BCUT2D eigenvalue weighted by Crippen LogP contribution is 2.00. The number of nitrogens with zero attached hydrogens (tertiary/aromatic N) is 2. The number of carboxylic acid groups (broad SMARTS) is 1. The number of carbonyl (C=O) groups excluding carboxylic acids is 1. The van der Waals surface area contributed by atoms with Crippen LogP contribution in [0.15, 0.2) is 12.3 Å². The molecule has 0 fully saturated rings. The van der Waals surface area contributed by atoms with Crippen LogP contribution in [0, 0.1) is 0 Å². The smallest absolute Gasteiger partial charge is 0.326 e. The van der Waals surface area contributed by atoms with E-state index >= 15 is 0 Å². The van der Waals surface area contributed by atoms with Crippen molar-refractivity contribution in [1.29, 1.82) is 0 Å². The van der Waals surface area contributed by atoms with E-state index in [4.69, 9.17) is 5.11 Å². The van der Waals surface area contributed by atoms with Gasteiger partial charge in [0, 0.05) is 19.5 Å². The summed E-state index contributed by atoms with van der Waals surface area (Å²) in [5.74, 6) is -2.25. The molecule has 1 rings (SSSR count). The van der Waals surface area contributed by atoms with Gasteiger partial charge in [0.05, 0.1) is 5.75 Å². The van der Waals surface area contributed by atoms with Crippen molar-refractivity contribution in [3.05, 3.63) is 18.0 Å². The molecule has 1 aromatic heterocycles. The number of rotatable bonds is 6. The van der Waals surface area contributed by atoms with Crippen LogP contribution in [0.1, 0.15) is 16.9 Å². The van der Waals surface area contributed by atoms with E-state index in [2.05, 4.69) is 10.4 Å². The van der Waals surface area contributed by atoms with Gasteiger partial charge in [-0.2, -0.15) is 5.10 Å². The molecule has 1 amide bonds. The zero-order chi connectivity index (χ0) is 14.6. The summed E-state index contributed by atoms with van der Waals surface area (Å²) in [4.78, 5) is 22.7. The van der Waals surface area contributed by atoms with Crippen molar-refractivity contribution in [2.75, 3.05) is 12.0 Å². The van der Waals surface area contributed by atoms with E-state index in [1.54, 1.807) is 13.2 Å². The van der Waals surface area contributed by atoms with E-state index in [-0.39, 0.29) is 17.9 Å². The van der Waals surface area contributed by atoms with Gasteiger partial charge < -0.3 is 10.4 Å². The molecule has 1 atom stereocenters. The Morgan fingerprint density at radius 1 is 1.53 bits per heavy atom. The van der Waals surface area contributed by atoms with Crippen LogP contribution >= 0.6 is 0 Å². The topological polar surface area (TPSA) is 118 Å². The van der Waals surface area contributed by atoms with Crippen molar-refractivity contribution in [3.63, 3.8) is 0 Å². The third kappa shape index (κ3) is 5.08. The first-order valence-electron chi connectivity index (χ1n) is 5.40. The molecule has 0 aromatic carbocycles. The quantitative estimate of drug-likeness (QED) is 0.696. The Kier molecular flexibility index (Phi) is 4.65. The summed E-state index contributed by atoms with van der Waals surface area (Å²) in [7, 11) is -1.66. The Morgan fingerprint density at radius 2 is 2.16 bits per heavy atom. The first-order chi connectivity index (χ1) is 8.69. The fraction of sp³-hybridized carbons (Fsp3) is 0.500. The number of hydrogen-bond donors (Lipinski definition) is 2. The lowest BCUT2D eigenvalue weighted by Crippen LogP contribution is -2.42. The Balaban J connectivity index is 2.68. The predicted molar refractivity (Wildman–Crippen MR) is 66.4 cm³/mol. The van der Waals surface area contributed by atoms with Crippen LogP contribution in [-0.2, 0) is 21.7 Å². The highest BCUT2D eigenvalue weighted by Gasteiger charge is 2.23. The number of aryl methyl sites for hydroxylation is 1. The zero-order valence-corrected chi connectivity index (χ0v) is 11.3. The van der Waals surface area contributed by atoms with Crippen LogP contribution in [0.25, 0.3) is 0 Å². The number of sulfone groups is 1. The monoisotopic (exact) mass is 289 g/mol. The first-order valence-corrected chi connectivity index (χ1v) is 7.46. The maximum Gasteiger partial charge on any atom is 0.326 e. The summed E-state index contributed by atoms with van der Waals surface area (Å²) >= 11 is 0. The average molecular weight is 289 g/mol. The maximum atomic E-state index is 11.7. The largest absolute Gasteiger partial charge is 0.480 e. The number of nitrogens with one attached hydrogen (secondary N) is 1. The molecule has 9 heteroatoms. The van der Waals surface area contributed by atoms with Gasteiger partial charge in [0.25, 0.3) is 5.91 Å². The van der Waals surface area contributed by atoms with Gasteiger partial charge in [0.2, 0.25) is 0 Å². The fourth-order valence-electron chi connectivity index (χ4n) is 1.36. The molecule has 106 valence electrons. The van der Waals surface area contributed by atoms with E-state index in [0.717, 1.165) is 6.26 Å². The molecule has 1 unspecified atom stereocenters. The molecule has 8 nitrogen and oxygen atoms in total. The summed E-state index contributed by atoms with van der Waals surface area (Å²) < 4.78 is 23.4. The van der Waals surface area contributed by atoms with E-state index in [9.17, 15) is 18.0 Å². The number of hydrogen-bond acceptors (Lipinski definition) is 5. The molecule has 0 aliphatic rings. The van der Waals surface area contributed by atoms with E-state index in [1.807, 2.05) is 0 Å². The molecular formula is C10H15N3O5S.